The predicted octanol–water partition coefficient (Wildman–Crippen LogP) is 1.71. The number of pyridine rings is 1. The van der Waals surface area contributed by atoms with Crippen molar-refractivity contribution in [3.63, 3.8) is 0 Å². The van der Waals surface area contributed by atoms with Crippen molar-refractivity contribution >= 4 is 11.5 Å². The van der Waals surface area contributed by atoms with Gasteiger partial charge in [0.2, 0.25) is 5.82 Å². The minimum atomic E-state index is -0.394. The molecule has 0 radical (unpaired) electrons. The molecule has 6 heteroatoms. The van der Waals surface area contributed by atoms with Crippen LogP contribution < -0.4 is 10.6 Å². The molecule has 6 nitrogen and oxygen atoms in total. The van der Waals surface area contributed by atoms with Crippen molar-refractivity contribution in [1.29, 1.82) is 0 Å². The summed E-state index contributed by atoms with van der Waals surface area (Å²) < 4.78 is 0. The van der Waals surface area contributed by atoms with Crippen LogP contribution in [0.4, 0.5) is 11.5 Å². The van der Waals surface area contributed by atoms with Gasteiger partial charge in [0.15, 0.2) is 0 Å². The fraction of sp³-hybridized carbons (Fsp3) is 0.545. The molecule has 0 bridgehead atoms. The van der Waals surface area contributed by atoms with E-state index in [0.29, 0.717) is 17.9 Å². The summed E-state index contributed by atoms with van der Waals surface area (Å²) in [5, 5.41) is 17.1. The number of aryl methyl sites for hydroxylation is 1. The molecule has 1 aromatic rings. The average Bonchev–Trinajstić information content (AvgIpc) is 2.28. The highest BCUT2D eigenvalue weighted by molar-refractivity contribution is 5.59. The Kier molecular flexibility index (Phi) is 5.35. The molecule has 1 aromatic heterocycles. The minimum absolute atomic E-state index is 0.0657. The quantitative estimate of drug-likeness (QED) is 0.429. The molecule has 0 aliphatic carbocycles. The van der Waals surface area contributed by atoms with Gasteiger partial charge in [0, 0.05) is 18.3 Å². The molecule has 1 heterocycles. The van der Waals surface area contributed by atoms with Crippen LogP contribution in [-0.2, 0) is 0 Å². The molecule has 0 saturated heterocycles. The zero-order valence-corrected chi connectivity index (χ0v) is 10.2. The number of hydrogen-bond donors (Lipinski definition) is 2. The van der Waals surface area contributed by atoms with Crippen molar-refractivity contribution in [2.45, 2.75) is 20.3 Å². The van der Waals surface area contributed by atoms with Crippen molar-refractivity contribution in [2.24, 2.45) is 0 Å². The van der Waals surface area contributed by atoms with Gasteiger partial charge in [-0.1, -0.05) is 6.92 Å². The molecule has 0 aromatic carbocycles. The van der Waals surface area contributed by atoms with Crippen LogP contribution in [0.2, 0.25) is 0 Å². The summed E-state index contributed by atoms with van der Waals surface area (Å²) in [6.45, 7) is 6.25. The zero-order chi connectivity index (χ0) is 12.7. The molecule has 0 fully saturated rings. The van der Waals surface area contributed by atoms with Crippen LogP contribution in [0, 0.1) is 17.0 Å². The molecule has 2 N–H and O–H groups in total. The molecule has 17 heavy (non-hydrogen) atoms. The predicted molar refractivity (Wildman–Crippen MR) is 67.3 cm³/mol. The van der Waals surface area contributed by atoms with Gasteiger partial charge in [-0.3, -0.25) is 10.1 Å². The van der Waals surface area contributed by atoms with E-state index in [-0.39, 0.29) is 5.69 Å². The molecule has 0 spiro atoms. The maximum absolute atomic E-state index is 10.9. The molecule has 0 aliphatic rings. The van der Waals surface area contributed by atoms with Gasteiger partial charge in [-0.25, -0.2) is 4.98 Å². The summed E-state index contributed by atoms with van der Waals surface area (Å²) in [7, 11) is 0. The van der Waals surface area contributed by atoms with Gasteiger partial charge in [0.05, 0.1) is 4.92 Å². The molecular formula is C11H18N4O2. The third-order valence-corrected chi connectivity index (χ3v) is 2.38. The number of nitrogens with zero attached hydrogens (tertiary/aromatic N) is 2. The van der Waals surface area contributed by atoms with Gasteiger partial charge in [0.25, 0.3) is 0 Å². The van der Waals surface area contributed by atoms with E-state index in [1.807, 2.05) is 6.92 Å². The third-order valence-electron chi connectivity index (χ3n) is 2.38. The van der Waals surface area contributed by atoms with Gasteiger partial charge in [0.1, 0.15) is 0 Å². The monoisotopic (exact) mass is 238 g/mol. The lowest BCUT2D eigenvalue weighted by Crippen LogP contribution is -2.17. The summed E-state index contributed by atoms with van der Waals surface area (Å²) in [6, 6.07) is 1.64. The highest BCUT2D eigenvalue weighted by Gasteiger charge is 2.17. The Morgan fingerprint density at radius 1 is 1.47 bits per heavy atom. The highest BCUT2D eigenvalue weighted by atomic mass is 16.6. The van der Waals surface area contributed by atoms with Crippen LogP contribution in [0.15, 0.2) is 12.3 Å². The first-order valence-corrected chi connectivity index (χ1v) is 5.71. The smallest absolute Gasteiger partial charge is 0.314 e. The number of nitrogens with one attached hydrogen (secondary N) is 2. The highest BCUT2D eigenvalue weighted by Crippen LogP contribution is 2.25. The summed E-state index contributed by atoms with van der Waals surface area (Å²) in [6.07, 6.45) is 2.48. The fourth-order valence-corrected chi connectivity index (χ4v) is 1.51. The van der Waals surface area contributed by atoms with Crippen LogP contribution in [0.25, 0.3) is 0 Å². The van der Waals surface area contributed by atoms with Crippen LogP contribution in [-0.4, -0.2) is 29.5 Å². The maximum Gasteiger partial charge on any atom is 0.314 e. The van der Waals surface area contributed by atoms with Crippen molar-refractivity contribution in [1.82, 2.24) is 10.3 Å². The Bertz CT molecular complexity index is 382. The minimum Gasteiger partial charge on any atom is -0.364 e. The van der Waals surface area contributed by atoms with E-state index < -0.39 is 4.92 Å². The van der Waals surface area contributed by atoms with E-state index in [0.717, 1.165) is 19.5 Å². The van der Waals surface area contributed by atoms with Gasteiger partial charge in [-0.2, -0.15) is 0 Å². The lowest BCUT2D eigenvalue weighted by Gasteiger charge is -2.07. The van der Waals surface area contributed by atoms with E-state index in [9.17, 15) is 10.1 Å². The summed E-state index contributed by atoms with van der Waals surface area (Å²) >= 11 is 0. The van der Waals surface area contributed by atoms with Crippen molar-refractivity contribution < 1.29 is 4.92 Å². The van der Waals surface area contributed by atoms with E-state index in [2.05, 4.69) is 15.6 Å². The van der Waals surface area contributed by atoms with E-state index in [1.54, 1.807) is 19.2 Å². The molecule has 94 valence electrons. The number of hydrogen-bond acceptors (Lipinski definition) is 5. The first-order chi connectivity index (χ1) is 8.16. The van der Waals surface area contributed by atoms with Crippen molar-refractivity contribution in [2.75, 3.05) is 25.0 Å². The normalized spacial score (nSPS) is 10.2. The summed E-state index contributed by atoms with van der Waals surface area (Å²) in [4.78, 5) is 14.5. The van der Waals surface area contributed by atoms with Gasteiger partial charge in [-0.15, -0.1) is 0 Å². The number of nitro groups is 1. The second-order valence-corrected chi connectivity index (χ2v) is 3.72. The van der Waals surface area contributed by atoms with Crippen LogP contribution in [0.3, 0.4) is 0 Å². The Balaban J connectivity index is 2.58. The van der Waals surface area contributed by atoms with Crippen LogP contribution >= 0.6 is 0 Å². The maximum atomic E-state index is 10.9. The number of rotatable bonds is 7. The average molecular weight is 238 g/mol. The Morgan fingerprint density at radius 3 is 2.88 bits per heavy atom. The molecule has 1 rings (SSSR count). The van der Waals surface area contributed by atoms with Gasteiger partial charge in [-0.05, 0) is 32.5 Å². The fourth-order valence-electron chi connectivity index (χ4n) is 1.51. The second-order valence-electron chi connectivity index (χ2n) is 3.72. The number of aromatic nitrogens is 1. The standard InChI is InChI=1S/C11H18N4O2/c1-3-12-6-4-7-13-11-10(15(16)17)9(2)5-8-14-11/h5,8,12H,3-4,6-7H2,1-2H3,(H,13,14). The van der Waals surface area contributed by atoms with Crippen molar-refractivity contribution in [3.05, 3.63) is 27.9 Å². The van der Waals surface area contributed by atoms with Crippen LogP contribution in [0.1, 0.15) is 18.9 Å². The van der Waals surface area contributed by atoms with E-state index in [4.69, 9.17) is 0 Å². The SMILES string of the molecule is CCNCCCNc1nccc(C)c1[N+](=O)[O-]. The largest absolute Gasteiger partial charge is 0.364 e. The lowest BCUT2D eigenvalue weighted by atomic mass is 10.2. The van der Waals surface area contributed by atoms with E-state index >= 15 is 0 Å². The molecule has 0 amide bonds. The molecular weight excluding hydrogens is 220 g/mol. The Hall–Kier alpha value is -1.69. The zero-order valence-electron chi connectivity index (χ0n) is 10.2. The van der Waals surface area contributed by atoms with Crippen LogP contribution in [0.5, 0.6) is 0 Å². The second kappa shape index (κ2) is 6.80. The summed E-state index contributed by atoms with van der Waals surface area (Å²) in [5.74, 6) is 0.353. The summed E-state index contributed by atoms with van der Waals surface area (Å²) in [5.41, 5.74) is 0.690. The van der Waals surface area contributed by atoms with Gasteiger partial charge >= 0.3 is 5.69 Å². The van der Waals surface area contributed by atoms with E-state index in [1.165, 1.54) is 0 Å². The Labute approximate surface area is 101 Å². The molecule has 0 atom stereocenters. The Morgan fingerprint density at radius 2 is 2.24 bits per heavy atom. The molecule has 0 unspecified atom stereocenters. The number of anilines is 1. The first-order valence-electron chi connectivity index (χ1n) is 5.71. The topological polar surface area (TPSA) is 80.1 Å². The third kappa shape index (κ3) is 3.99. The van der Waals surface area contributed by atoms with Gasteiger partial charge < -0.3 is 10.6 Å². The molecule has 0 aliphatic heterocycles. The first kappa shape index (κ1) is 13.4. The molecule has 0 saturated carbocycles. The van der Waals surface area contributed by atoms with Crippen molar-refractivity contribution in [3.8, 4) is 0 Å². The lowest BCUT2D eigenvalue weighted by molar-refractivity contribution is -0.384.